The summed E-state index contributed by atoms with van der Waals surface area (Å²) >= 11 is 0. The molecule has 0 aromatic carbocycles. The Morgan fingerprint density at radius 3 is 1.75 bits per heavy atom. The molecule has 0 aromatic heterocycles. The van der Waals surface area contributed by atoms with Gasteiger partial charge in [0.1, 0.15) is 6.61 Å². The van der Waals surface area contributed by atoms with Crippen LogP contribution in [0.25, 0.3) is 0 Å². The van der Waals surface area contributed by atoms with Crippen LogP contribution in [-0.2, 0) is 14.3 Å². The number of esters is 1. The summed E-state index contributed by atoms with van der Waals surface area (Å²) in [5.41, 5.74) is 0. The summed E-state index contributed by atoms with van der Waals surface area (Å²) in [5.74, 6) is -0.347. The molecule has 0 amide bonds. The third-order valence-electron chi connectivity index (χ3n) is 0.739. The predicted octanol–water partition coefficient (Wildman–Crippen LogP) is 0.773. The van der Waals surface area contributed by atoms with Gasteiger partial charge in [-0.05, 0) is 6.92 Å². The molecule has 0 heterocycles. The van der Waals surface area contributed by atoms with Crippen LogP contribution in [-0.4, -0.2) is 30.6 Å². The number of Topliss-reactive ketones (excluding diaryl/α,β-unsaturated/α-hetero) is 1. The summed E-state index contributed by atoms with van der Waals surface area (Å²) in [6.45, 7) is 2.76. The summed E-state index contributed by atoms with van der Waals surface area (Å²) in [4.78, 5) is 19.5. The standard InChI is InChI=1S/C4H8O2.C3H6O2.CH4/c1-3-4(5)6-2;1-3(5)2-4;/h3H2,1-2H3;4H,2H2,1H3;1H4. The van der Waals surface area contributed by atoms with Crippen molar-refractivity contribution in [1.29, 1.82) is 0 Å². The molecule has 0 aliphatic rings. The summed E-state index contributed by atoms with van der Waals surface area (Å²) < 4.78 is 4.26. The zero-order valence-corrected chi connectivity index (χ0v) is 7.09. The molecule has 0 unspecified atom stereocenters. The third-order valence-corrected chi connectivity index (χ3v) is 0.739. The first-order valence-corrected chi connectivity index (χ1v) is 3.25. The molecular formula is C8H18O4. The maximum absolute atomic E-state index is 9.96. The highest BCUT2D eigenvalue weighted by Gasteiger charge is 1.87. The average molecular weight is 178 g/mol. The lowest BCUT2D eigenvalue weighted by Gasteiger charge is -1.87. The van der Waals surface area contributed by atoms with E-state index in [1.54, 1.807) is 6.92 Å². The second-order valence-corrected chi connectivity index (χ2v) is 1.79. The number of rotatable bonds is 2. The SMILES string of the molecule is C.CC(=O)CO.CCC(=O)OC. The fourth-order valence-corrected chi connectivity index (χ4v) is 0.144. The molecule has 4 nitrogen and oxygen atoms in total. The number of carbonyl (C=O) groups is 2. The Balaban J connectivity index is -0.000000126. The van der Waals surface area contributed by atoms with Crippen molar-refractivity contribution in [3.63, 3.8) is 0 Å². The van der Waals surface area contributed by atoms with E-state index in [4.69, 9.17) is 5.11 Å². The maximum Gasteiger partial charge on any atom is 0.305 e. The Hall–Kier alpha value is -0.900. The Morgan fingerprint density at radius 2 is 1.75 bits per heavy atom. The van der Waals surface area contributed by atoms with Crippen LogP contribution >= 0.6 is 0 Å². The van der Waals surface area contributed by atoms with Crippen LogP contribution in [0.5, 0.6) is 0 Å². The summed E-state index contributed by atoms with van der Waals surface area (Å²) in [6, 6.07) is 0. The fourth-order valence-electron chi connectivity index (χ4n) is 0.144. The van der Waals surface area contributed by atoms with Crippen molar-refractivity contribution in [2.75, 3.05) is 13.7 Å². The van der Waals surface area contributed by atoms with Gasteiger partial charge in [0.2, 0.25) is 0 Å². The number of hydrogen-bond acceptors (Lipinski definition) is 4. The van der Waals surface area contributed by atoms with Gasteiger partial charge in [0.05, 0.1) is 7.11 Å². The van der Waals surface area contributed by atoms with Gasteiger partial charge in [0.15, 0.2) is 5.78 Å². The first-order chi connectivity index (χ1) is 5.08. The van der Waals surface area contributed by atoms with Crippen molar-refractivity contribution in [3.8, 4) is 0 Å². The Kier molecular flexibility index (Phi) is 18.3. The van der Waals surface area contributed by atoms with E-state index in [0.717, 1.165) is 0 Å². The van der Waals surface area contributed by atoms with Gasteiger partial charge in [-0.15, -0.1) is 0 Å². The van der Waals surface area contributed by atoms with E-state index in [9.17, 15) is 9.59 Å². The zero-order valence-electron chi connectivity index (χ0n) is 7.09. The van der Waals surface area contributed by atoms with Gasteiger partial charge in [-0.3, -0.25) is 9.59 Å². The van der Waals surface area contributed by atoms with Gasteiger partial charge in [0.25, 0.3) is 0 Å². The summed E-state index contributed by atoms with van der Waals surface area (Å²) in [5, 5.41) is 7.79. The van der Waals surface area contributed by atoms with Gasteiger partial charge in [-0.1, -0.05) is 14.4 Å². The van der Waals surface area contributed by atoms with E-state index in [1.165, 1.54) is 14.0 Å². The molecule has 0 atom stereocenters. The molecule has 0 bridgehead atoms. The van der Waals surface area contributed by atoms with Crippen LogP contribution in [0, 0.1) is 0 Å². The van der Waals surface area contributed by atoms with Crippen molar-refractivity contribution in [2.24, 2.45) is 0 Å². The summed E-state index contributed by atoms with van der Waals surface area (Å²) in [6.07, 6.45) is 0.469. The third kappa shape index (κ3) is 23.0. The average Bonchev–Trinajstić information content (AvgIpc) is 2.04. The molecule has 0 spiro atoms. The molecule has 1 N–H and O–H groups in total. The molecule has 0 saturated carbocycles. The van der Waals surface area contributed by atoms with E-state index in [-0.39, 0.29) is 25.8 Å². The number of ether oxygens (including phenoxy) is 1. The molecule has 74 valence electrons. The van der Waals surface area contributed by atoms with Gasteiger partial charge >= 0.3 is 5.97 Å². The topological polar surface area (TPSA) is 63.6 Å². The smallest absolute Gasteiger partial charge is 0.305 e. The highest BCUT2D eigenvalue weighted by Crippen LogP contribution is 1.76. The number of aliphatic hydroxyl groups excluding tert-OH is 1. The molecule has 12 heavy (non-hydrogen) atoms. The summed E-state index contributed by atoms with van der Waals surface area (Å²) in [7, 11) is 1.38. The zero-order chi connectivity index (χ0) is 9.28. The monoisotopic (exact) mass is 178 g/mol. The van der Waals surface area contributed by atoms with Gasteiger partial charge in [0, 0.05) is 6.42 Å². The molecule has 0 radical (unpaired) electrons. The van der Waals surface area contributed by atoms with Gasteiger partial charge in [-0.2, -0.15) is 0 Å². The van der Waals surface area contributed by atoms with Crippen LogP contribution < -0.4 is 0 Å². The molecule has 0 fully saturated rings. The van der Waals surface area contributed by atoms with Gasteiger partial charge < -0.3 is 9.84 Å². The number of methoxy groups -OCH3 is 1. The van der Waals surface area contributed by atoms with Crippen LogP contribution in [0.15, 0.2) is 0 Å². The quantitative estimate of drug-likeness (QED) is 0.634. The maximum atomic E-state index is 9.96. The molecule has 4 heteroatoms. The molecule has 0 aliphatic heterocycles. The second kappa shape index (κ2) is 12.7. The lowest BCUT2D eigenvalue weighted by atomic mass is 10.5. The van der Waals surface area contributed by atoms with Crippen LogP contribution in [0.2, 0.25) is 0 Å². The number of aliphatic hydroxyl groups is 1. The molecular weight excluding hydrogens is 160 g/mol. The van der Waals surface area contributed by atoms with Crippen LogP contribution in [0.4, 0.5) is 0 Å². The number of carbonyl (C=O) groups excluding carboxylic acids is 2. The van der Waals surface area contributed by atoms with E-state index in [1.807, 2.05) is 0 Å². The van der Waals surface area contributed by atoms with Crippen molar-refractivity contribution in [1.82, 2.24) is 0 Å². The second-order valence-electron chi connectivity index (χ2n) is 1.79. The molecule has 0 aromatic rings. The van der Waals surface area contributed by atoms with Crippen LogP contribution in [0.3, 0.4) is 0 Å². The highest BCUT2D eigenvalue weighted by molar-refractivity contribution is 5.76. The van der Waals surface area contributed by atoms with Crippen molar-refractivity contribution in [3.05, 3.63) is 0 Å². The van der Waals surface area contributed by atoms with Crippen molar-refractivity contribution in [2.45, 2.75) is 27.7 Å². The lowest BCUT2D eigenvalue weighted by molar-refractivity contribution is -0.140. The Bertz CT molecular complexity index is 114. The highest BCUT2D eigenvalue weighted by atomic mass is 16.5. The molecule has 0 rings (SSSR count). The van der Waals surface area contributed by atoms with Gasteiger partial charge in [-0.25, -0.2) is 0 Å². The van der Waals surface area contributed by atoms with Crippen molar-refractivity contribution < 1.29 is 19.4 Å². The Morgan fingerprint density at radius 1 is 1.42 bits per heavy atom. The number of ketones is 1. The van der Waals surface area contributed by atoms with Crippen molar-refractivity contribution >= 4 is 11.8 Å². The first kappa shape index (κ1) is 17.3. The van der Waals surface area contributed by atoms with E-state index in [0.29, 0.717) is 6.42 Å². The minimum atomic E-state index is -0.333. The minimum Gasteiger partial charge on any atom is -0.469 e. The lowest BCUT2D eigenvalue weighted by Crippen LogP contribution is -1.94. The normalized spacial score (nSPS) is 7.00. The largest absolute Gasteiger partial charge is 0.469 e. The fraction of sp³-hybridized carbons (Fsp3) is 0.750. The minimum absolute atomic E-state index is 0. The molecule has 0 aliphatic carbocycles. The first-order valence-electron chi connectivity index (χ1n) is 3.25. The molecule has 0 saturated heterocycles. The van der Waals surface area contributed by atoms with Crippen LogP contribution in [0.1, 0.15) is 27.7 Å². The van der Waals surface area contributed by atoms with E-state index < -0.39 is 0 Å². The number of hydrogen-bond donors (Lipinski definition) is 1. The van der Waals surface area contributed by atoms with E-state index in [2.05, 4.69) is 4.74 Å². The Labute approximate surface area is 73.5 Å². The predicted molar refractivity (Wildman–Crippen MR) is 46.8 cm³/mol. The van der Waals surface area contributed by atoms with E-state index >= 15 is 0 Å².